The third-order valence-electron chi connectivity index (χ3n) is 2.52. The summed E-state index contributed by atoms with van der Waals surface area (Å²) in [6, 6.07) is 1.63. The number of aromatic nitrogens is 4. The number of rotatable bonds is 1. The minimum Gasteiger partial charge on any atom is -0.366 e. The van der Waals surface area contributed by atoms with Gasteiger partial charge in [-0.3, -0.25) is 14.8 Å². The van der Waals surface area contributed by atoms with Crippen molar-refractivity contribution in [2.75, 3.05) is 0 Å². The van der Waals surface area contributed by atoms with E-state index >= 15 is 0 Å². The van der Waals surface area contributed by atoms with E-state index in [1.165, 1.54) is 0 Å². The maximum absolute atomic E-state index is 11.3. The first-order chi connectivity index (χ1) is 8.27. The molecule has 82 valence electrons. The zero-order valence-electron chi connectivity index (χ0n) is 8.66. The largest absolute Gasteiger partial charge is 0.366 e. The van der Waals surface area contributed by atoms with Crippen LogP contribution in [0, 0.1) is 0 Å². The summed E-state index contributed by atoms with van der Waals surface area (Å²) < 4.78 is 0. The van der Waals surface area contributed by atoms with E-state index in [1.807, 2.05) is 0 Å². The molecule has 0 saturated carbocycles. The first kappa shape index (κ1) is 9.59. The van der Waals surface area contributed by atoms with E-state index in [0.717, 1.165) is 5.39 Å². The minimum absolute atomic E-state index is 0.333. The fraction of sp³-hybridized carbons (Fsp3) is 0. The van der Waals surface area contributed by atoms with Gasteiger partial charge in [-0.1, -0.05) is 0 Å². The maximum Gasteiger partial charge on any atom is 0.251 e. The minimum atomic E-state index is -0.538. The van der Waals surface area contributed by atoms with E-state index in [9.17, 15) is 4.79 Å². The Hall–Kier alpha value is -2.63. The summed E-state index contributed by atoms with van der Waals surface area (Å²) in [5.74, 6) is -0.538. The number of fused-ring (bicyclic) bond motifs is 3. The van der Waals surface area contributed by atoms with E-state index in [4.69, 9.17) is 5.73 Å². The van der Waals surface area contributed by atoms with Crippen LogP contribution in [0.15, 0.2) is 30.9 Å². The van der Waals surface area contributed by atoms with Gasteiger partial charge in [-0.05, 0) is 6.07 Å². The van der Waals surface area contributed by atoms with Crippen LogP contribution < -0.4 is 5.73 Å². The molecule has 0 spiro atoms. The van der Waals surface area contributed by atoms with Gasteiger partial charge >= 0.3 is 0 Å². The quantitative estimate of drug-likeness (QED) is 0.656. The molecular formula is C11H7N5O. The Bertz CT molecular complexity index is 740. The second-order valence-electron chi connectivity index (χ2n) is 3.54. The molecule has 6 heteroatoms. The van der Waals surface area contributed by atoms with Crippen LogP contribution in [0.25, 0.3) is 21.8 Å². The van der Waals surface area contributed by atoms with Crippen molar-refractivity contribution in [1.82, 2.24) is 20.2 Å². The normalized spacial score (nSPS) is 10.8. The number of carbonyl (C=O) groups is 1. The van der Waals surface area contributed by atoms with Crippen LogP contribution in [0.2, 0.25) is 0 Å². The Labute approximate surface area is 95.5 Å². The zero-order valence-corrected chi connectivity index (χ0v) is 8.66. The molecule has 0 bridgehead atoms. The van der Waals surface area contributed by atoms with Crippen LogP contribution >= 0.6 is 0 Å². The van der Waals surface area contributed by atoms with E-state index in [2.05, 4.69) is 20.2 Å². The van der Waals surface area contributed by atoms with Gasteiger partial charge in [0.1, 0.15) is 5.52 Å². The Morgan fingerprint density at radius 2 is 2.06 bits per heavy atom. The summed E-state index contributed by atoms with van der Waals surface area (Å²) in [5, 5.41) is 9.13. The average Bonchev–Trinajstić information content (AvgIpc) is 2.67. The van der Waals surface area contributed by atoms with Gasteiger partial charge in [0.2, 0.25) is 0 Å². The zero-order chi connectivity index (χ0) is 11.8. The smallest absolute Gasteiger partial charge is 0.251 e. The summed E-state index contributed by atoms with van der Waals surface area (Å²) in [7, 11) is 0. The van der Waals surface area contributed by atoms with Crippen LogP contribution in [0.3, 0.4) is 0 Å². The van der Waals surface area contributed by atoms with Crippen LogP contribution in [0.5, 0.6) is 0 Å². The standard InChI is InChI=1S/C11H7N5O/c12-11(17)7-3-6-4-13-1-2-14-9(6)8-5-15-16-10(7)8/h1-5H,(H2,12,17). The lowest BCUT2D eigenvalue weighted by atomic mass is 10.1. The van der Waals surface area contributed by atoms with Crippen molar-refractivity contribution in [3.63, 3.8) is 0 Å². The Kier molecular flexibility index (Phi) is 1.94. The van der Waals surface area contributed by atoms with Crippen molar-refractivity contribution in [2.45, 2.75) is 0 Å². The molecular weight excluding hydrogens is 218 g/mol. The van der Waals surface area contributed by atoms with Gasteiger partial charge in [0.15, 0.2) is 0 Å². The first-order valence-corrected chi connectivity index (χ1v) is 4.91. The van der Waals surface area contributed by atoms with Gasteiger partial charge in [0, 0.05) is 29.4 Å². The van der Waals surface area contributed by atoms with Gasteiger partial charge in [0.25, 0.3) is 5.91 Å². The number of nitrogens with two attached hydrogens (primary N) is 1. The van der Waals surface area contributed by atoms with Crippen molar-refractivity contribution in [1.29, 1.82) is 0 Å². The number of amides is 1. The second kappa shape index (κ2) is 3.44. The number of primary amides is 1. The fourth-order valence-corrected chi connectivity index (χ4v) is 1.78. The summed E-state index contributed by atoms with van der Waals surface area (Å²) in [5.41, 5.74) is 6.82. The summed E-state index contributed by atoms with van der Waals surface area (Å²) in [6.45, 7) is 0. The Morgan fingerprint density at radius 3 is 2.88 bits per heavy atom. The predicted octanol–water partition coefficient (Wildman–Crippen LogP) is 0.672. The van der Waals surface area contributed by atoms with Crippen LogP contribution in [-0.4, -0.2) is 26.1 Å². The number of benzene rings is 1. The van der Waals surface area contributed by atoms with E-state index in [1.54, 1.807) is 30.9 Å². The number of carbonyl (C=O) groups excluding carboxylic acids is 1. The highest BCUT2D eigenvalue weighted by atomic mass is 16.1. The molecule has 0 radical (unpaired) electrons. The lowest BCUT2D eigenvalue weighted by Crippen LogP contribution is -2.11. The molecule has 0 fully saturated rings. The van der Waals surface area contributed by atoms with Crippen molar-refractivity contribution < 1.29 is 4.79 Å². The third kappa shape index (κ3) is 1.38. The van der Waals surface area contributed by atoms with E-state index < -0.39 is 5.91 Å². The third-order valence-corrected chi connectivity index (χ3v) is 2.52. The molecule has 2 aromatic heterocycles. The van der Waals surface area contributed by atoms with Crippen molar-refractivity contribution in [2.24, 2.45) is 5.73 Å². The Balaban J connectivity index is 2.59. The first-order valence-electron chi connectivity index (χ1n) is 4.91. The molecule has 3 rings (SSSR count). The van der Waals surface area contributed by atoms with Gasteiger partial charge in [-0.25, -0.2) is 0 Å². The van der Waals surface area contributed by atoms with Crippen LogP contribution in [0.1, 0.15) is 10.4 Å². The molecule has 6 nitrogen and oxygen atoms in total. The van der Waals surface area contributed by atoms with Crippen molar-refractivity contribution in [3.05, 3.63) is 36.4 Å². The monoisotopic (exact) mass is 225 g/mol. The van der Waals surface area contributed by atoms with Crippen molar-refractivity contribution in [3.8, 4) is 0 Å². The average molecular weight is 225 g/mol. The lowest BCUT2D eigenvalue weighted by molar-refractivity contribution is 0.100. The molecule has 17 heavy (non-hydrogen) atoms. The molecule has 2 N–H and O–H groups in total. The Morgan fingerprint density at radius 1 is 1.18 bits per heavy atom. The highest BCUT2D eigenvalue weighted by molar-refractivity contribution is 6.13. The molecule has 1 aromatic carbocycles. The summed E-state index contributed by atoms with van der Waals surface area (Å²) >= 11 is 0. The number of hydrogen-bond donors (Lipinski definition) is 1. The highest BCUT2D eigenvalue weighted by Crippen LogP contribution is 2.24. The number of hydrogen-bond acceptors (Lipinski definition) is 5. The van der Waals surface area contributed by atoms with Crippen molar-refractivity contribution >= 4 is 27.7 Å². The lowest BCUT2D eigenvalue weighted by Gasteiger charge is -1.99. The SMILES string of the molecule is NC(=O)c1cc2cnccnc2c2cnnc12. The van der Waals surface area contributed by atoms with Gasteiger partial charge in [-0.15, -0.1) is 5.10 Å². The highest BCUT2D eigenvalue weighted by Gasteiger charge is 2.13. The molecule has 0 aliphatic heterocycles. The molecule has 1 amide bonds. The van der Waals surface area contributed by atoms with Gasteiger partial charge < -0.3 is 5.73 Å². The maximum atomic E-state index is 11.3. The molecule has 0 unspecified atom stereocenters. The molecule has 0 aliphatic carbocycles. The number of nitrogens with zero attached hydrogens (tertiary/aromatic N) is 4. The molecule has 3 aromatic rings. The molecule has 0 saturated heterocycles. The molecule has 0 aliphatic rings. The van der Waals surface area contributed by atoms with E-state index in [-0.39, 0.29) is 0 Å². The second-order valence-corrected chi connectivity index (χ2v) is 3.54. The fourth-order valence-electron chi connectivity index (χ4n) is 1.78. The molecule has 0 atom stereocenters. The molecule has 2 heterocycles. The topological polar surface area (TPSA) is 94.7 Å². The summed E-state index contributed by atoms with van der Waals surface area (Å²) in [6.07, 6.45) is 6.34. The van der Waals surface area contributed by atoms with Crippen LogP contribution in [0.4, 0.5) is 0 Å². The predicted molar refractivity (Wildman–Crippen MR) is 61.2 cm³/mol. The van der Waals surface area contributed by atoms with Gasteiger partial charge in [0.05, 0.1) is 17.3 Å². The van der Waals surface area contributed by atoms with Crippen LogP contribution in [-0.2, 0) is 0 Å². The van der Waals surface area contributed by atoms with E-state index in [0.29, 0.717) is 22.0 Å². The summed E-state index contributed by atoms with van der Waals surface area (Å²) in [4.78, 5) is 19.6. The van der Waals surface area contributed by atoms with Gasteiger partial charge in [-0.2, -0.15) is 5.10 Å².